The zero-order chi connectivity index (χ0) is 28.4. The van der Waals surface area contributed by atoms with Crippen LogP contribution in [0.3, 0.4) is 0 Å². The number of aliphatic imine (C=N–C) groups is 1. The van der Waals surface area contributed by atoms with Gasteiger partial charge in [-0.1, -0.05) is 18.9 Å². The molecule has 2 aromatic rings. The Morgan fingerprint density at radius 2 is 2.00 bits per heavy atom. The van der Waals surface area contributed by atoms with E-state index in [1.54, 1.807) is 0 Å². The van der Waals surface area contributed by atoms with Crippen molar-refractivity contribution in [1.29, 1.82) is 0 Å². The fraction of sp³-hybridized carbons (Fsp3) is 0.531. The van der Waals surface area contributed by atoms with Gasteiger partial charge < -0.3 is 24.7 Å². The second-order valence-electron chi connectivity index (χ2n) is 11.9. The Labute approximate surface area is 237 Å². The zero-order valence-corrected chi connectivity index (χ0v) is 24.7. The monoisotopic (exact) mass is 544 g/mol. The highest BCUT2D eigenvalue weighted by molar-refractivity contribution is 5.87. The highest BCUT2D eigenvalue weighted by Crippen LogP contribution is 2.40. The normalized spacial score (nSPS) is 21.3. The van der Waals surface area contributed by atoms with E-state index in [9.17, 15) is 9.59 Å². The largest absolute Gasteiger partial charge is 0.354 e. The number of likely N-dealkylation sites (N-methyl/N-ethyl adjacent to an activating group) is 1. The number of nitrogens with one attached hydrogen (secondary N) is 2. The number of hydrogen-bond donors (Lipinski definition) is 2. The van der Waals surface area contributed by atoms with Crippen molar-refractivity contribution in [2.24, 2.45) is 10.9 Å². The lowest BCUT2D eigenvalue weighted by molar-refractivity contribution is -0.122. The van der Waals surface area contributed by atoms with Gasteiger partial charge in [-0.15, -0.1) is 0 Å². The first-order valence-corrected chi connectivity index (χ1v) is 14.8. The summed E-state index contributed by atoms with van der Waals surface area (Å²) in [6.45, 7) is 12.7. The molecule has 0 bridgehead atoms. The second kappa shape index (κ2) is 12.0. The molecule has 1 fully saturated rings. The molecule has 214 valence electrons. The van der Waals surface area contributed by atoms with E-state index in [1.807, 2.05) is 13.0 Å². The summed E-state index contributed by atoms with van der Waals surface area (Å²) in [7, 11) is 2.16. The number of hydrogen-bond acceptors (Lipinski definition) is 5. The average Bonchev–Trinajstić information content (AvgIpc) is 3.37. The molecule has 5 rings (SSSR count). The molecule has 3 aliphatic rings. The highest BCUT2D eigenvalue weighted by atomic mass is 16.2. The van der Waals surface area contributed by atoms with E-state index in [1.165, 1.54) is 5.57 Å². The van der Waals surface area contributed by atoms with Crippen molar-refractivity contribution in [2.75, 3.05) is 33.2 Å². The third-order valence-electron chi connectivity index (χ3n) is 8.57. The van der Waals surface area contributed by atoms with E-state index < -0.39 is 0 Å². The molecule has 40 heavy (non-hydrogen) atoms. The first-order valence-electron chi connectivity index (χ1n) is 14.8. The van der Waals surface area contributed by atoms with Crippen molar-refractivity contribution in [3.05, 3.63) is 74.2 Å². The number of H-pyrrole nitrogens is 1. The number of piperazine rings is 1. The van der Waals surface area contributed by atoms with Gasteiger partial charge in [0.05, 0.1) is 5.92 Å². The fourth-order valence-electron chi connectivity index (χ4n) is 6.23. The van der Waals surface area contributed by atoms with Gasteiger partial charge in [0.1, 0.15) is 5.82 Å². The van der Waals surface area contributed by atoms with E-state index in [2.05, 4.69) is 83.1 Å². The van der Waals surface area contributed by atoms with Crippen LogP contribution in [0.5, 0.6) is 0 Å². The summed E-state index contributed by atoms with van der Waals surface area (Å²) in [5.41, 5.74) is 5.83. The molecule has 0 saturated carbocycles. The topological polar surface area (TPSA) is 85.7 Å². The van der Waals surface area contributed by atoms with Crippen LogP contribution in [0.1, 0.15) is 80.1 Å². The lowest BCUT2D eigenvalue weighted by Gasteiger charge is -2.35. The second-order valence-corrected chi connectivity index (χ2v) is 11.9. The summed E-state index contributed by atoms with van der Waals surface area (Å²) in [4.78, 5) is 39.0. The maximum absolute atomic E-state index is 13.8. The molecular weight excluding hydrogens is 500 g/mol. The molecule has 0 aromatic carbocycles. The molecule has 0 spiro atoms. The number of aromatic nitrogens is 2. The third kappa shape index (κ3) is 5.87. The van der Waals surface area contributed by atoms with Crippen LogP contribution >= 0.6 is 0 Å². The minimum absolute atomic E-state index is 0.0304. The van der Waals surface area contributed by atoms with Gasteiger partial charge in [-0.25, -0.2) is 4.99 Å². The minimum Gasteiger partial charge on any atom is -0.354 e. The third-order valence-corrected chi connectivity index (χ3v) is 8.57. The summed E-state index contributed by atoms with van der Waals surface area (Å²) in [6.07, 6.45) is 12.0. The molecule has 2 aromatic heterocycles. The van der Waals surface area contributed by atoms with Gasteiger partial charge in [-0.05, 0) is 82.5 Å². The van der Waals surface area contributed by atoms with Gasteiger partial charge in [0.15, 0.2) is 0 Å². The van der Waals surface area contributed by atoms with Crippen LogP contribution in [0.25, 0.3) is 6.08 Å². The summed E-state index contributed by atoms with van der Waals surface area (Å²) >= 11 is 0. The Kier molecular flexibility index (Phi) is 8.45. The lowest BCUT2D eigenvalue weighted by atomic mass is 9.79. The first-order chi connectivity index (χ1) is 19.2. The molecule has 1 saturated heterocycles. The number of rotatable bonds is 8. The molecule has 2 unspecified atom stereocenters. The van der Waals surface area contributed by atoms with Crippen LogP contribution in [0.15, 0.2) is 45.6 Å². The van der Waals surface area contributed by atoms with Crippen LogP contribution in [-0.4, -0.2) is 64.7 Å². The van der Waals surface area contributed by atoms with E-state index in [0.717, 1.165) is 73.8 Å². The number of fused-ring (bicyclic) bond motifs is 1. The molecule has 4 heterocycles. The van der Waals surface area contributed by atoms with Gasteiger partial charge in [-0.3, -0.25) is 9.59 Å². The van der Waals surface area contributed by atoms with E-state index >= 15 is 0 Å². The Morgan fingerprint density at radius 1 is 1.23 bits per heavy atom. The van der Waals surface area contributed by atoms with E-state index in [-0.39, 0.29) is 35.9 Å². The van der Waals surface area contributed by atoms with Crippen molar-refractivity contribution in [3.63, 3.8) is 0 Å². The van der Waals surface area contributed by atoms with E-state index in [4.69, 9.17) is 4.99 Å². The lowest BCUT2D eigenvalue weighted by Crippen LogP contribution is -2.43. The smallest absolute Gasteiger partial charge is 0.253 e. The molecular formula is C32H44N6O2. The number of pyridine rings is 1. The van der Waals surface area contributed by atoms with Crippen LogP contribution in [0, 0.1) is 12.8 Å². The average molecular weight is 545 g/mol. The minimum atomic E-state index is -0.300. The van der Waals surface area contributed by atoms with Crippen molar-refractivity contribution in [2.45, 2.75) is 71.9 Å². The molecule has 2 aliphatic heterocycles. The van der Waals surface area contributed by atoms with E-state index in [0.29, 0.717) is 12.0 Å². The van der Waals surface area contributed by atoms with Crippen molar-refractivity contribution in [1.82, 2.24) is 24.7 Å². The molecule has 8 nitrogen and oxygen atoms in total. The van der Waals surface area contributed by atoms with Crippen LogP contribution < -0.4 is 10.9 Å². The van der Waals surface area contributed by atoms with Crippen molar-refractivity contribution >= 4 is 18.2 Å². The number of nitrogens with zero attached hydrogens (tertiary/aromatic N) is 4. The molecule has 2 atom stereocenters. The Bertz CT molecular complexity index is 1390. The van der Waals surface area contributed by atoms with Gasteiger partial charge >= 0.3 is 0 Å². The van der Waals surface area contributed by atoms with Gasteiger partial charge in [-0.2, -0.15) is 0 Å². The SMILES string of the molecule is CCCc1cc(C)[nH]c(=O)c1CNC(=O)C1CC(C2C=NC(N3CCN(C)CC3)=CC2)=Cc2c1ccn2C(C)C. The van der Waals surface area contributed by atoms with Gasteiger partial charge in [0, 0.05) is 74.0 Å². The molecule has 8 heteroatoms. The number of allylic oxidation sites excluding steroid dienone is 2. The summed E-state index contributed by atoms with van der Waals surface area (Å²) in [5.74, 6) is 0.918. The van der Waals surface area contributed by atoms with Crippen LogP contribution in [0.2, 0.25) is 0 Å². The maximum Gasteiger partial charge on any atom is 0.253 e. The zero-order valence-electron chi connectivity index (χ0n) is 24.7. The highest BCUT2D eigenvalue weighted by Gasteiger charge is 2.33. The number of aryl methyl sites for hydroxylation is 2. The summed E-state index contributed by atoms with van der Waals surface area (Å²) in [5, 5.41) is 3.13. The van der Waals surface area contributed by atoms with Crippen molar-refractivity contribution < 1.29 is 4.79 Å². The summed E-state index contributed by atoms with van der Waals surface area (Å²) < 4.78 is 2.25. The van der Waals surface area contributed by atoms with Gasteiger partial charge in [0.25, 0.3) is 5.56 Å². The maximum atomic E-state index is 13.8. The molecule has 2 N–H and O–H groups in total. The predicted molar refractivity (Wildman–Crippen MR) is 162 cm³/mol. The van der Waals surface area contributed by atoms with Gasteiger partial charge in [0.2, 0.25) is 5.91 Å². The Morgan fingerprint density at radius 3 is 2.67 bits per heavy atom. The fourth-order valence-corrected chi connectivity index (χ4v) is 6.23. The van der Waals surface area contributed by atoms with Crippen molar-refractivity contribution in [3.8, 4) is 0 Å². The Balaban J connectivity index is 1.35. The standard InChI is InChI=1S/C32H44N6O2/c1-6-7-23-16-22(4)35-32(40)28(23)20-34-31(39)27-17-25(18-29-26(27)10-11-38(29)21(2)3)24-8-9-30(33-19-24)37-14-12-36(5)13-15-37/h9-11,16,18-19,21,24,27H,6-8,12-15,17,20H2,1-5H3,(H,34,39)(H,35,40). The first kappa shape index (κ1) is 28.1. The number of carbonyl (C=O) groups excluding carboxylic acids is 1. The number of aromatic amines is 1. The molecule has 0 radical (unpaired) electrons. The van der Waals surface area contributed by atoms with Crippen LogP contribution in [0.4, 0.5) is 0 Å². The quantitative estimate of drug-likeness (QED) is 0.516. The molecule has 1 aliphatic carbocycles. The summed E-state index contributed by atoms with van der Waals surface area (Å²) in [6, 6.07) is 4.41. The molecule has 1 amide bonds. The number of carbonyl (C=O) groups is 1. The number of amides is 1. The predicted octanol–water partition coefficient (Wildman–Crippen LogP) is 4.38. The van der Waals surface area contributed by atoms with Crippen LogP contribution in [-0.2, 0) is 17.8 Å². The Hall–Kier alpha value is -3.39.